The zero-order valence-electron chi connectivity index (χ0n) is 12.8. The van der Waals surface area contributed by atoms with Crippen LogP contribution in [-0.4, -0.2) is 48.6 Å². The van der Waals surface area contributed by atoms with E-state index in [1.807, 2.05) is 13.8 Å². The van der Waals surface area contributed by atoms with Gasteiger partial charge in [0.2, 0.25) is 0 Å². The standard InChI is InChI=1S/C15H24N4S/c1-10-7-13(14(15(16)20)11(2)17-10)19(4)9-12-5-6-18(3)8-12/h7,12H,5-6,8-9H2,1-4H3,(H2,16,20). The van der Waals surface area contributed by atoms with Crippen molar-refractivity contribution in [1.29, 1.82) is 0 Å². The van der Waals surface area contributed by atoms with Gasteiger partial charge in [0.1, 0.15) is 4.99 Å². The smallest absolute Gasteiger partial charge is 0.107 e. The van der Waals surface area contributed by atoms with Crippen LogP contribution >= 0.6 is 12.2 Å². The maximum atomic E-state index is 5.89. The summed E-state index contributed by atoms with van der Waals surface area (Å²) in [6.07, 6.45) is 1.26. The number of hydrogen-bond acceptors (Lipinski definition) is 4. The Balaban J connectivity index is 2.24. The quantitative estimate of drug-likeness (QED) is 0.856. The average molecular weight is 292 g/mol. The molecule has 0 amide bonds. The lowest BCUT2D eigenvalue weighted by Crippen LogP contribution is -2.29. The third-order valence-corrected chi connectivity index (χ3v) is 4.19. The normalized spacial score (nSPS) is 19.3. The van der Waals surface area contributed by atoms with Gasteiger partial charge < -0.3 is 15.5 Å². The predicted molar refractivity (Wildman–Crippen MR) is 88.5 cm³/mol. The van der Waals surface area contributed by atoms with E-state index in [0.717, 1.165) is 35.7 Å². The van der Waals surface area contributed by atoms with Gasteiger partial charge in [0.05, 0.1) is 11.3 Å². The molecule has 2 N–H and O–H groups in total. The first kappa shape index (κ1) is 15.2. The van der Waals surface area contributed by atoms with E-state index in [-0.39, 0.29) is 0 Å². The molecule has 1 aromatic heterocycles. The summed E-state index contributed by atoms with van der Waals surface area (Å²) in [5.41, 5.74) is 9.84. The van der Waals surface area contributed by atoms with Gasteiger partial charge in [-0.05, 0) is 45.8 Å². The lowest BCUT2D eigenvalue weighted by Gasteiger charge is -2.26. The molecule has 2 heterocycles. The highest BCUT2D eigenvalue weighted by atomic mass is 32.1. The number of nitrogens with zero attached hydrogens (tertiary/aromatic N) is 3. The van der Waals surface area contributed by atoms with Gasteiger partial charge >= 0.3 is 0 Å². The predicted octanol–water partition coefficient (Wildman–Crippen LogP) is 1.72. The second kappa shape index (κ2) is 6.06. The van der Waals surface area contributed by atoms with E-state index in [4.69, 9.17) is 18.0 Å². The lowest BCUT2D eigenvalue weighted by molar-refractivity contribution is 0.396. The number of aryl methyl sites for hydroxylation is 2. The van der Waals surface area contributed by atoms with Gasteiger partial charge in [-0.3, -0.25) is 4.98 Å². The number of likely N-dealkylation sites (tertiary alicyclic amines) is 1. The van der Waals surface area contributed by atoms with Crippen LogP contribution < -0.4 is 10.6 Å². The highest BCUT2D eigenvalue weighted by Crippen LogP contribution is 2.25. The molecule has 1 saturated heterocycles. The Hall–Kier alpha value is -1.20. The van der Waals surface area contributed by atoms with E-state index in [0.29, 0.717) is 10.9 Å². The van der Waals surface area contributed by atoms with Crippen molar-refractivity contribution >= 4 is 22.9 Å². The number of rotatable bonds is 4. The first-order chi connectivity index (χ1) is 9.38. The Morgan fingerprint density at radius 3 is 2.80 bits per heavy atom. The molecule has 5 heteroatoms. The Morgan fingerprint density at radius 1 is 1.55 bits per heavy atom. The molecule has 1 aliphatic heterocycles. The third kappa shape index (κ3) is 3.27. The van der Waals surface area contributed by atoms with Crippen molar-refractivity contribution in [1.82, 2.24) is 9.88 Å². The second-order valence-electron chi connectivity index (χ2n) is 5.90. The molecule has 0 aliphatic carbocycles. The Labute approximate surface area is 127 Å². The van der Waals surface area contributed by atoms with Crippen molar-refractivity contribution in [3.8, 4) is 0 Å². The second-order valence-corrected chi connectivity index (χ2v) is 6.34. The van der Waals surface area contributed by atoms with Gasteiger partial charge in [0, 0.05) is 31.5 Å². The maximum Gasteiger partial charge on any atom is 0.107 e. The summed E-state index contributed by atoms with van der Waals surface area (Å²) in [6, 6.07) is 2.08. The lowest BCUT2D eigenvalue weighted by atomic mass is 10.1. The Kier molecular flexibility index (Phi) is 4.60. The van der Waals surface area contributed by atoms with Crippen molar-refractivity contribution < 1.29 is 0 Å². The van der Waals surface area contributed by atoms with E-state index in [1.165, 1.54) is 13.0 Å². The largest absolute Gasteiger partial charge is 0.389 e. The molecule has 1 unspecified atom stereocenters. The van der Waals surface area contributed by atoms with Crippen LogP contribution in [0.15, 0.2) is 6.07 Å². The van der Waals surface area contributed by atoms with Gasteiger partial charge in [-0.15, -0.1) is 0 Å². The fraction of sp³-hybridized carbons (Fsp3) is 0.600. The minimum absolute atomic E-state index is 0.431. The summed E-state index contributed by atoms with van der Waals surface area (Å²) in [6.45, 7) is 7.37. The summed E-state index contributed by atoms with van der Waals surface area (Å²) in [4.78, 5) is 9.57. The molecule has 110 valence electrons. The van der Waals surface area contributed by atoms with E-state index in [9.17, 15) is 0 Å². The molecule has 2 rings (SSSR count). The van der Waals surface area contributed by atoms with Gasteiger partial charge in [-0.2, -0.15) is 0 Å². The van der Waals surface area contributed by atoms with E-state index < -0.39 is 0 Å². The van der Waals surface area contributed by atoms with Gasteiger partial charge in [-0.1, -0.05) is 12.2 Å². The topological polar surface area (TPSA) is 45.4 Å². The number of aromatic nitrogens is 1. The number of hydrogen-bond donors (Lipinski definition) is 1. The molecular formula is C15H24N4S. The van der Waals surface area contributed by atoms with Crippen LogP contribution in [0.4, 0.5) is 5.69 Å². The molecule has 0 spiro atoms. The van der Waals surface area contributed by atoms with E-state index in [2.05, 4.69) is 34.9 Å². The van der Waals surface area contributed by atoms with Gasteiger partial charge in [-0.25, -0.2) is 0 Å². The van der Waals surface area contributed by atoms with E-state index >= 15 is 0 Å². The summed E-state index contributed by atoms with van der Waals surface area (Å²) in [7, 11) is 4.30. The van der Waals surface area contributed by atoms with Crippen LogP contribution in [-0.2, 0) is 0 Å². The average Bonchev–Trinajstić information content (AvgIpc) is 2.72. The van der Waals surface area contributed by atoms with Crippen LogP contribution in [0.25, 0.3) is 0 Å². The van der Waals surface area contributed by atoms with Crippen molar-refractivity contribution in [3.05, 3.63) is 23.0 Å². The van der Waals surface area contributed by atoms with E-state index in [1.54, 1.807) is 0 Å². The number of pyridine rings is 1. The molecule has 1 atom stereocenters. The molecule has 1 aliphatic rings. The van der Waals surface area contributed by atoms with Gasteiger partial charge in [0.15, 0.2) is 0 Å². The Morgan fingerprint density at radius 2 is 2.25 bits per heavy atom. The molecular weight excluding hydrogens is 268 g/mol. The molecule has 0 saturated carbocycles. The van der Waals surface area contributed by atoms with Crippen molar-refractivity contribution in [2.24, 2.45) is 11.7 Å². The minimum atomic E-state index is 0.431. The van der Waals surface area contributed by atoms with Crippen LogP contribution in [0, 0.1) is 19.8 Å². The van der Waals surface area contributed by atoms with Crippen LogP contribution in [0.1, 0.15) is 23.4 Å². The summed E-state index contributed by atoms with van der Waals surface area (Å²) >= 11 is 5.20. The zero-order chi connectivity index (χ0) is 14.9. The van der Waals surface area contributed by atoms with Crippen LogP contribution in [0.3, 0.4) is 0 Å². The monoisotopic (exact) mass is 292 g/mol. The van der Waals surface area contributed by atoms with Crippen LogP contribution in [0.2, 0.25) is 0 Å². The molecule has 0 aromatic carbocycles. The maximum absolute atomic E-state index is 5.89. The van der Waals surface area contributed by atoms with Crippen molar-refractivity contribution in [3.63, 3.8) is 0 Å². The fourth-order valence-electron chi connectivity index (χ4n) is 3.07. The Bertz CT molecular complexity index is 515. The zero-order valence-corrected chi connectivity index (χ0v) is 13.6. The van der Waals surface area contributed by atoms with Gasteiger partial charge in [0.25, 0.3) is 0 Å². The number of nitrogens with two attached hydrogens (primary N) is 1. The van der Waals surface area contributed by atoms with Crippen molar-refractivity contribution in [2.75, 3.05) is 38.6 Å². The van der Waals surface area contributed by atoms with Crippen molar-refractivity contribution in [2.45, 2.75) is 20.3 Å². The highest BCUT2D eigenvalue weighted by Gasteiger charge is 2.22. The SMILES string of the molecule is Cc1cc(N(C)CC2CCN(C)C2)c(C(N)=S)c(C)n1. The summed E-state index contributed by atoms with van der Waals surface area (Å²) in [5.74, 6) is 0.706. The molecule has 0 radical (unpaired) electrons. The molecule has 4 nitrogen and oxygen atoms in total. The number of anilines is 1. The molecule has 1 fully saturated rings. The summed E-state index contributed by atoms with van der Waals surface area (Å²) < 4.78 is 0. The highest BCUT2D eigenvalue weighted by molar-refractivity contribution is 7.80. The molecule has 0 bridgehead atoms. The first-order valence-electron chi connectivity index (χ1n) is 7.06. The van der Waals surface area contributed by atoms with Crippen LogP contribution in [0.5, 0.6) is 0 Å². The third-order valence-electron chi connectivity index (χ3n) is 3.99. The summed E-state index contributed by atoms with van der Waals surface area (Å²) in [5, 5.41) is 0. The minimum Gasteiger partial charge on any atom is -0.389 e. The first-order valence-corrected chi connectivity index (χ1v) is 7.47. The number of thiocarbonyl (C=S) groups is 1. The fourth-order valence-corrected chi connectivity index (χ4v) is 3.33. The molecule has 20 heavy (non-hydrogen) atoms. The molecule has 1 aromatic rings.